The summed E-state index contributed by atoms with van der Waals surface area (Å²) in [7, 11) is 0. The molecule has 0 radical (unpaired) electrons. The van der Waals surface area contributed by atoms with Gasteiger partial charge in [-0.2, -0.15) is 5.10 Å². The molecule has 0 aliphatic rings. The lowest BCUT2D eigenvalue weighted by molar-refractivity contribution is 0.679. The SMILES string of the molecule is Cc1nn(Cc2cccc(Br)c2)c(Cl)c1C(C)C. The van der Waals surface area contributed by atoms with Gasteiger partial charge in [0.2, 0.25) is 0 Å². The normalized spacial score (nSPS) is 11.2. The number of hydrogen-bond donors (Lipinski definition) is 0. The summed E-state index contributed by atoms with van der Waals surface area (Å²) in [6.45, 7) is 6.99. The van der Waals surface area contributed by atoms with Crippen molar-refractivity contribution in [1.82, 2.24) is 9.78 Å². The molecular weight excluding hydrogens is 312 g/mol. The van der Waals surface area contributed by atoms with E-state index in [1.54, 1.807) is 0 Å². The van der Waals surface area contributed by atoms with Crippen LogP contribution in [0.1, 0.15) is 36.6 Å². The lowest BCUT2D eigenvalue weighted by Gasteiger charge is -2.06. The minimum atomic E-state index is 0.397. The Bertz CT molecular complexity index is 561. The maximum absolute atomic E-state index is 6.40. The van der Waals surface area contributed by atoms with Crippen molar-refractivity contribution >= 4 is 27.5 Å². The minimum Gasteiger partial charge on any atom is -0.249 e. The molecule has 4 heteroatoms. The van der Waals surface area contributed by atoms with Gasteiger partial charge >= 0.3 is 0 Å². The number of hydrogen-bond acceptors (Lipinski definition) is 1. The zero-order valence-corrected chi connectivity index (χ0v) is 13.1. The van der Waals surface area contributed by atoms with Gasteiger partial charge in [0, 0.05) is 10.0 Å². The van der Waals surface area contributed by atoms with E-state index in [4.69, 9.17) is 11.6 Å². The van der Waals surface area contributed by atoms with Crippen molar-refractivity contribution in [2.24, 2.45) is 0 Å². The van der Waals surface area contributed by atoms with E-state index in [9.17, 15) is 0 Å². The van der Waals surface area contributed by atoms with E-state index in [-0.39, 0.29) is 0 Å². The zero-order chi connectivity index (χ0) is 13.3. The van der Waals surface area contributed by atoms with Gasteiger partial charge in [0.15, 0.2) is 0 Å². The Morgan fingerprint density at radius 3 is 2.67 bits per heavy atom. The van der Waals surface area contributed by atoms with E-state index in [0.29, 0.717) is 12.5 Å². The summed E-state index contributed by atoms with van der Waals surface area (Å²) >= 11 is 9.88. The maximum atomic E-state index is 6.40. The van der Waals surface area contributed by atoms with Crippen LogP contribution in [-0.4, -0.2) is 9.78 Å². The molecule has 1 aromatic heterocycles. The number of rotatable bonds is 3. The monoisotopic (exact) mass is 326 g/mol. The van der Waals surface area contributed by atoms with Gasteiger partial charge in [0.25, 0.3) is 0 Å². The Hall–Kier alpha value is -0.800. The predicted molar refractivity (Wildman–Crippen MR) is 79.3 cm³/mol. The number of benzene rings is 1. The lowest BCUT2D eigenvalue weighted by Crippen LogP contribution is -2.02. The van der Waals surface area contributed by atoms with E-state index in [2.05, 4.69) is 47.0 Å². The van der Waals surface area contributed by atoms with Crippen molar-refractivity contribution in [3.05, 3.63) is 50.7 Å². The Balaban J connectivity index is 2.33. The minimum absolute atomic E-state index is 0.397. The molecule has 96 valence electrons. The summed E-state index contributed by atoms with van der Waals surface area (Å²) in [4.78, 5) is 0. The number of nitrogens with zero attached hydrogens (tertiary/aromatic N) is 2. The molecule has 18 heavy (non-hydrogen) atoms. The first kappa shape index (κ1) is 13.6. The van der Waals surface area contributed by atoms with Gasteiger partial charge < -0.3 is 0 Å². The van der Waals surface area contributed by atoms with Crippen molar-refractivity contribution in [2.45, 2.75) is 33.2 Å². The molecule has 0 amide bonds. The first-order valence-corrected chi connectivity index (χ1v) is 7.13. The highest BCUT2D eigenvalue weighted by molar-refractivity contribution is 9.10. The molecule has 0 saturated heterocycles. The van der Waals surface area contributed by atoms with Gasteiger partial charge in [0.1, 0.15) is 5.15 Å². The highest BCUT2D eigenvalue weighted by Crippen LogP contribution is 2.28. The first-order valence-electron chi connectivity index (χ1n) is 5.96. The molecule has 0 spiro atoms. The van der Waals surface area contributed by atoms with Crippen LogP contribution in [0, 0.1) is 6.92 Å². The average molecular weight is 328 g/mol. The molecule has 2 nitrogen and oxygen atoms in total. The second-order valence-electron chi connectivity index (χ2n) is 4.73. The molecule has 2 rings (SSSR count). The smallest absolute Gasteiger partial charge is 0.131 e. The molecule has 0 aliphatic carbocycles. The predicted octanol–water partition coefficient (Wildman–Crippen LogP) is 4.78. The van der Waals surface area contributed by atoms with Crippen LogP contribution in [0.5, 0.6) is 0 Å². The summed E-state index contributed by atoms with van der Waals surface area (Å²) < 4.78 is 2.94. The lowest BCUT2D eigenvalue weighted by atomic mass is 10.1. The zero-order valence-electron chi connectivity index (χ0n) is 10.7. The molecule has 0 unspecified atom stereocenters. The van der Waals surface area contributed by atoms with Crippen LogP contribution in [0.2, 0.25) is 5.15 Å². The Labute approximate surface area is 121 Å². The number of aryl methyl sites for hydroxylation is 1. The van der Waals surface area contributed by atoms with Crippen molar-refractivity contribution < 1.29 is 0 Å². The fourth-order valence-electron chi connectivity index (χ4n) is 2.14. The molecule has 1 aromatic carbocycles. The third-order valence-electron chi connectivity index (χ3n) is 2.91. The molecule has 0 atom stereocenters. The number of aromatic nitrogens is 2. The van der Waals surface area contributed by atoms with Crippen LogP contribution in [-0.2, 0) is 6.54 Å². The third-order valence-corrected chi connectivity index (χ3v) is 3.80. The quantitative estimate of drug-likeness (QED) is 0.793. The first-order chi connectivity index (χ1) is 8.49. The second kappa shape index (κ2) is 5.45. The summed E-state index contributed by atoms with van der Waals surface area (Å²) in [5.41, 5.74) is 3.35. The topological polar surface area (TPSA) is 17.8 Å². The molecule has 2 aromatic rings. The van der Waals surface area contributed by atoms with E-state index in [1.807, 2.05) is 23.7 Å². The van der Waals surface area contributed by atoms with Gasteiger partial charge in [0.05, 0.1) is 12.2 Å². The van der Waals surface area contributed by atoms with Gasteiger partial charge in [-0.05, 0) is 30.5 Å². The molecule has 0 bridgehead atoms. The highest BCUT2D eigenvalue weighted by Gasteiger charge is 2.16. The van der Waals surface area contributed by atoms with Crippen LogP contribution in [0.4, 0.5) is 0 Å². The van der Waals surface area contributed by atoms with Crippen molar-refractivity contribution in [1.29, 1.82) is 0 Å². The van der Waals surface area contributed by atoms with Crippen LogP contribution in [0.15, 0.2) is 28.7 Å². The van der Waals surface area contributed by atoms with Crippen LogP contribution >= 0.6 is 27.5 Å². The van der Waals surface area contributed by atoms with Gasteiger partial charge in [-0.3, -0.25) is 0 Å². The standard InChI is InChI=1S/C14H16BrClN2/c1-9(2)13-10(3)17-18(14(13)16)8-11-5-4-6-12(15)7-11/h4-7,9H,8H2,1-3H3. The average Bonchev–Trinajstić information content (AvgIpc) is 2.54. The Morgan fingerprint density at radius 2 is 2.11 bits per heavy atom. The molecule has 0 fully saturated rings. The fourth-order valence-corrected chi connectivity index (χ4v) is 3.04. The molecule has 1 heterocycles. The molecule has 0 aliphatic heterocycles. The van der Waals surface area contributed by atoms with E-state index in [0.717, 1.165) is 20.9 Å². The van der Waals surface area contributed by atoms with Crippen molar-refractivity contribution in [3.8, 4) is 0 Å². The summed E-state index contributed by atoms with van der Waals surface area (Å²) in [5, 5.41) is 5.28. The third kappa shape index (κ3) is 2.78. The van der Waals surface area contributed by atoms with Crippen LogP contribution < -0.4 is 0 Å². The van der Waals surface area contributed by atoms with Crippen molar-refractivity contribution in [2.75, 3.05) is 0 Å². The maximum Gasteiger partial charge on any atom is 0.131 e. The molecule has 0 N–H and O–H groups in total. The van der Waals surface area contributed by atoms with Crippen LogP contribution in [0.25, 0.3) is 0 Å². The Morgan fingerprint density at radius 1 is 1.39 bits per heavy atom. The van der Waals surface area contributed by atoms with Gasteiger partial charge in [-0.15, -0.1) is 0 Å². The van der Waals surface area contributed by atoms with Gasteiger partial charge in [-0.25, -0.2) is 4.68 Å². The summed E-state index contributed by atoms with van der Waals surface area (Å²) in [6, 6.07) is 8.20. The largest absolute Gasteiger partial charge is 0.249 e. The van der Waals surface area contributed by atoms with E-state index >= 15 is 0 Å². The van der Waals surface area contributed by atoms with Gasteiger partial charge in [-0.1, -0.05) is 53.5 Å². The fraction of sp³-hybridized carbons (Fsp3) is 0.357. The summed E-state index contributed by atoms with van der Waals surface area (Å²) in [5.74, 6) is 0.397. The van der Waals surface area contributed by atoms with Crippen molar-refractivity contribution in [3.63, 3.8) is 0 Å². The summed E-state index contributed by atoms with van der Waals surface area (Å²) in [6.07, 6.45) is 0. The molecule has 0 saturated carbocycles. The number of halogens is 2. The second-order valence-corrected chi connectivity index (χ2v) is 6.01. The highest BCUT2D eigenvalue weighted by atomic mass is 79.9. The molecular formula is C14H16BrClN2. The van der Waals surface area contributed by atoms with Crippen LogP contribution in [0.3, 0.4) is 0 Å². The Kier molecular flexibility index (Phi) is 4.13. The van der Waals surface area contributed by atoms with E-state index < -0.39 is 0 Å². The van der Waals surface area contributed by atoms with E-state index in [1.165, 1.54) is 5.56 Å².